The zero-order valence-electron chi connectivity index (χ0n) is 9.41. The molecule has 0 amide bonds. The van der Waals surface area contributed by atoms with Crippen LogP contribution in [-0.2, 0) is 0 Å². The van der Waals surface area contributed by atoms with Gasteiger partial charge in [0.2, 0.25) is 0 Å². The summed E-state index contributed by atoms with van der Waals surface area (Å²) >= 11 is 4.26. The highest BCUT2D eigenvalue weighted by Gasteiger charge is 2.13. The Morgan fingerprint density at radius 3 is 2.94 bits per heavy atom. The fraction of sp³-hybridized carbons (Fsp3) is 0.385. The highest BCUT2D eigenvalue weighted by molar-refractivity contribution is 7.80. The van der Waals surface area contributed by atoms with Crippen LogP contribution in [-0.4, -0.2) is 13.1 Å². The third kappa shape index (κ3) is 2.59. The fourth-order valence-corrected chi connectivity index (χ4v) is 2.17. The zero-order chi connectivity index (χ0) is 11.5. The van der Waals surface area contributed by atoms with E-state index in [1.165, 1.54) is 11.6 Å². The molecule has 0 unspecified atom stereocenters. The van der Waals surface area contributed by atoms with Gasteiger partial charge in [-0.3, -0.25) is 0 Å². The molecule has 0 spiro atoms. The Labute approximate surface area is 101 Å². The summed E-state index contributed by atoms with van der Waals surface area (Å²) in [6.45, 7) is 3.90. The fourth-order valence-electron chi connectivity index (χ4n) is 1.98. The lowest BCUT2D eigenvalue weighted by atomic mass is 10.2. The predicted octanol–water partition coefficient (Wildman–Crippen LogP) is 3.66. The van der Waals surface area contributed by atoms with E-state index in [0.29, 0.717) is 5.69 Å². The first-order chi connectivity index (χ1) is 7.66. The van der Waals surface area contributed by atoms with Gasteiger partial charge < -0.3 is 4.90 Å². The minimum absolute atomic E-state index is 0.155. The van der Waals surface area contributed by atoms with Gasteiger partial charge in [0.1, 0.15) is 5.82 Å². The second kappa shape index (κ2) is 4.91. The second-order valence-electron chi connectivity index (χ2n) is 4.21. The molecule has 86 valence electrons. The molecule has 0 radical (unpaired) electrons. The summed E-state index contributed by atoms with van der Waals surface area (Å²) in [5, 5.41) is 0. The van der Waals surface area contributed by atoms with E-state index >= 15 is 0 Å². The Balaban J connectivity index is 2.21. The third-order valence-corrected chi connectivity index (χ3v) is 3.22. The van der Waals surface area contributed by atoms with E-state index in [-0.39, 0.29) is 5.82 Å². The average Bonchev–Trinajstić information content (AvgIpc) is 2.47. The summed E-state index contributed by atoms with van der Waals surface area (Å²) in [5.41, 5.74) is 2.07. The van der Waals surface area contributed by atoms with Crippen molar-refractivity contribution in [2.45, 2.75) is 24.7 Å². The molecule has 1 heterocycles. The van der Waals surface area contributed by atoms with Crippen molar-refractivity contribution in [1.29, 1.82) is 0 Å². The van der Waals surface area contributed by atoms with E-state index in [1.807, 2.05) is 0 Å². The lowest BCUT2D eigenvalue weighted by Crippen LogP contribution is -2.25. The number of benzene rings is 1. The molecule has 1 aromatic rings. The lowest BCUT2D eigenvalue weighted by Gasteiger charge is -2.23. The van der Waals surface area contributed by atoms with Gasteiger partial charge in [0.25, 0.3) is 0 Å². The maximum atomic E-state index is 13.7. The molecule has 1 aliphatic rings. The first-order valence-corrected chi connectivity index (χ1v) is 6.00. The van der Waals surface area contributed by atoms with Gasteiger partial charge in [-0.25, -0.2) is 4.39 Å². The number of nitrogens with zero attached hydrogens (tertiary/aromatic N) is 1. The van der Waals surface area contributed by atoms with Crippen LogP contribution in [0.2, 0.25) is 0 Å². The summed E-state index contributed by atoms with van der Waals surface area (Å²) in [4.78, 5) is 2.91. The van der Waals surface area contributed by atoms with Crippen molar-refractivity contribution in [3.05, 3.63) is 35.7 Å². The Morgan fingerprint density at radius 2 is 2.12 bits per heavy atom. The first kappa shape index (κ1) is 11.5. The van der Waals surface area contributed by atoms with E-state index in [2.05, 4.69) is 30.5 Å². The van der Waals surface area contributed by atoms with Crippen LogP contribution in [0.5, 0.6) is 0 Å². The molecule has 16 heavy (non-hydrogen) atoms. The van der Waals surface area contributed by atoms with E-state index in [4.69, 9.17) is 0 Å². The van der Waals surface area contributed by atoms with Crippen molar-refractivity contribution >= 4 is 18.3 Å². The monoisotopic (exact) mass is 237 g/mol. The van der Waals surface area contributed by atoms with Gasteiger partial charge in [0.15, 0.2) is 0 Å². The molecule has 3 heteroatoms. The van der Waals surface area contributed by atoms with Gasteiger partial charge in [-0.2, -0.15) is 0 Å². The van der Waals surface area contributed by atoms with E-state index in [9.17, 15) is 4.39 Å². The number of anilines is 1. The third-order valence-electron chi connectivity index (χ3n) is 2.94. The van der Waals surface area contributed by atoms with Gasteiger partial charge in [-0.05, 0) is 38.0 Å². The van der Waals surface area contributed by atoms with Gasteiger partial charge in [0.05, 0.1) is 5.69 Å². The molecule has 0 atom stereocenters. The Kier molecular flexibility index (Phi) is 3.54. The van der Waals surface area contributed by atoms with Crippen LogP contribution in [0.25, 0.3) is 0 Å². The highest BCUT2D eigenvalue weighted by atomic mass is 32.1. The highest BCUT2D eigenvalue weighted by Crippen LogP contribution is 2.25. The van der Waals surface area contributed by atoms with Crippen molar-refractivity contribution in [3.63, 3.8) is 0 Å². The second-order valence-corrected chi connectivity index (χ2v) is 4.73. The number of hydrogen-bond acceptors (Lipinski definition) is 2. The van der Waals surface area contributed by atoms with Gasteiger partial charge in [-0.1, -0.05) is 11.6 Å². The minimum atomic E-state index is -0.155. The molecule has 0 bridgehead atoms. The van der Waals surface area contributed by atoms with Gasteiger partial charge in [-0.15, -0.1) is 12.6 Å². The Morgan fingerprint density at radius 1 is 1.31 bits per heavy atom. The maximum absolute atomic E-state index is 13.7. The van der Waals surface area contributed by atoms with E-state index in [0.717, 1.165) is 30.8 Å². The van der Waals surface area contributed by atoms with Crippen LogP contribution in [0.15, 0.2) is 34.7 Å². The summed E-state index contributed by atoms with van der Waals surface area (Å²) in [6.07, 6.45) is 4.24. The molecule has 0 fully saturated rings. The quantitative estimate of drug-likeness (QED) is 0.576. The van der Waals surface area contributed by atoms with Crippen molar-refractivity contribution in [2.75, 3.05) is 18.0 Å². The molecule has 1 nitrogen and oxygen atoms in total. The summed E-state index contributed by atoms with van der Waals surface area (Å²) < 4.78 is 13.7. The number of halogens is 1. The van der Waals surface area contributed by atoms with Crippen molar-refractivity contribution in [2.24, 2.45) is 0 Å². The molecule has 0 saturated carbocycles. The largest absolute Gasteiger partial charge is 0.369 e. The smallest absolute Gasteiger partial charge is 0.146 e. The molecule has 2 rings (SSSR count). The number of rotatable bonds is 1. The number of hydrogen-bond donors (Lipinski definition) is 1. The molecular formula is C13H16FNS. The van der Waals surface area contributed by atoms with Crippen LogP contribution < -0.4 is 4.90 Å². The predicted molar refractivity (Wildman–Crippen MR) is 68.9 cm³/mol. The van der Waals surface area contributed by atoms with E-state index in [1.54, 1.807) is 12.1 Å². The summed E-state index contributed by atoms with van der Waals surface area (Å²) in [6, 6.07) is 4.98. The van der Waals surface area contributed by atoms with Crippen LogP contribution in [0.1, 0.15) is 19.8 Å². The van der Waals surface area contributed by atoms with Crippen LogP contribution in [0.3, 0.4) is 0 Å². The molecule has 0 aliphatic carbocycles. The van der Waals surface area contributed by atoms with Crippen LogP contribution in [0.4, 0.5) is 10.1 Å². The molecule has 1 aliphatic heterocycles. The molecule has 0 aromatic heterocycles. The van der Waals surface area contributed by atoms with Crippen LogP contribution >= 0.6 is 12.6 Å². The van der Waals surface area contributed by atoms with Crippen molar-refractivity contribution in [1.82, 2.24) is 0 Å². The maximum Gasteiger partial charge on any atom is 0.146 e. The van der Waals surface area contributed by atoms with Crippen LogP contribution in [0, 0.1) is 5.82 Å². The molecule has 1 aromatic carbocycles. The summed E-state index contributed by atoms with van der Waals surface area (Å²) in [5.74, 6) is -0.155. The first-order valence-electron chi connectivity index (χ1n) is 5.56. The Hall–Kier alpha value is -0.960. The van der Waals surface area contributed by atoms with Crippen molar-refractivity contribution in [3.8, 4) is 0 Å². The van der Waals surface area contributed by atoms with Gasteiger partial charge in [0, 0.05) is 18.0 Å². The standard InChI is InChI=1S/C13H16FNS/c1-10-3-2-7-15(8-6-10)13-9-11(16)4-5-12(13)14/h3-5,9,16H,2,6-8H2,1H3. The SMILES string of the molecule is CC1=CCCN(c2cc(S)ccc2F)CC1. The molecular weight excluding hydrogens is 221 g/mol. The average molecular weight is 237 g/mol. The van der Waals surface area contributed by atoms with E-state index < -0.39 is 0 Å². The van der Waals surface area contributed by atoms with Crippen molar-refractivity contribution < 1.29 is 4.39 Å². The zero-order valence-corrected chi connectivity index (χ0v) is 10.3. The molecule has 0 saturated heterocycles. The minimum Gasteiger partial charge on any atom is -0.369 e. The number of thiol groups is 1. The van der Waals surface area contributed by atoms with Gasteiger partial charge >= 0.3 is 0 Å². The topological polar surface area (TPSA) is 3.24 Å². The lowest BCUT2D eigenvalue weighted by molar-refractivity contribution is 0.616. The Bertz CT molecular complexity index is 414. The normalized spacial score (nSPS) is 16.9. The summed E-state index contributed by atoms with van der Waals surface area (Å²) in [7, 11) is 0. The molecule has 0 N–H and O–H groups in total.